The lowest BCUT2D eigenvalue weighted by molar-refractivity contribution is -0.136. The lowest BCUT2D eigenvalue weighted by Gasteiger charge is -2.30. The molecule has 17 heteroatoms. The summed E-state index contributed by atoms with van der Waals surface area (Å²) in [5.41, 5.74) is 5.25. The number of aromatic nitrogens is 4. The van der Waals surface area contributed by atoms with Gasteiger partial charge in [-0.25, -0.2) is 19.6 Å². The lowest BCUT2D eigenvalue weighted by Crippen LogP contribution is -2.50. The Kier molecular flexibility index (Phi) is 11.6. The third-order valence-electron chi connectivity index (χ3n) is 12.1. The van der Waals surface area contributed by atoms with Crippen LogP contribution >= 0.6 is 11.6 Å². The Bertz CT molecular complexity index is 2180. The maximum atomic E-state index is 13.8. The first-order chi connectivity index (χ1) is 28.6. The minimum Gasteiger partial charge on any atom is -0.453 e. The van der Waals surface area contributed by atoms with Gasteiger partial charge in [0.05, 0.1) is 38.2 Å². The molecule has 8 atom stereocenters. The molecule has 59 heavy (non-hydrogen) atoms. The highest BCUT2D eigenvalue weighted by Crippen LogP contribution is 2.54. The van der Waals surface area contributed by atoms with Crippen molar-refractivity contribution in [2.75, 3.05) is 41.7 Å². The number of carbonyl (C=O) groups excluding carboxylic acids is 4. The fourth-order valence-corrected chi connectivity index (χ4v) is 9.07. The predicted molar refractivity (Wildman–Crippen MR) is 216 cm³/mol. The van der Waals surface area contributed by atoms with E-state index in [1.165, 1.54) is 14.2 Å². The normalized spacial score (nSPS) is 23.5. The first-order valence-electron chi connectivity index (χ1n) is 19.9. The molecule has 0 radical (unpaired) electrons. The van der Waals surface area contributed by atoms with E-state index in [4.69, 9.17) is 40.5 Å². The summed E-state index contributed by atoms with van der Waals surface area (Å²) in [4.78, 5) is 71.8. The third kappa shape index (κ3) is 8.25. The lowest BCUT2D eigenvalue weighted by atomic mass is 10.0. The number of hydrogen-bond donors (Lipinski definition) is 4. The Morgan fingerprint density at radius 3 is 1.66 bits per heavy atom. The average Bonchev–Trinajstić information content (AvgIpc) is 3.90. The maximum Gasteiger partial charge on any atom is 0.407 e. The molecule has 8 rings (SSSR count). The van der Waals surface area contributed by atoms with E-state index in [9.17, 15) is 19.2 Å². The number of hydrogen-bond acceptors (Lipinski definition) is 10. The summed E-state index contributed by atoms with van der Waals surface area (Å²) in [5, 5.41) is 5.74. The van der Waals surface area contributed by atoms with E-state index in [1.807, 2.05) is 46.2 Å². The molecule has 4 heterocycles. The first-order valence-corrected chi connectivity index (χ1v) is 20.3. The van der Waals surface area contributed by atoms with Gasteiger partial charge in [-0.3, -0.25) is 9.59 Å². The summed E-state index contributed by atoms with van der Waals surface area (Å²) in [6, 6.07) is 14.3. The predicted octanol–water partition coefficient (Wildman–Crippen LogP) is 5.63. The zero-order chi connectivity index (χ0) is 41.4. The number of likely N-dealkylation sites (tertiary alicyclic amines) is 2. The van der Waals surface area contributed by atoms with E-state index in [-0.39, 0.29) is 36.0 Å². The SMILES string of the molecule is COCC[C@H](NC(=O)OC)C(=O)N1C2C[C@@H]2C[C@H]1c1nc(-c2ccc(-c3ccc(-c4cnc([C@@H]5CC6C[C@H]6N5C(=O)[C@H](CCOC)NC(=O)OC)[nH]4)cc3)cc2)c(Cl)[nH]1. The number of imidazole rings is 2. The van der Waals surface area contributed by atoms with Crippen LogP contribution in [0.4, 0.5) is 9.59 Å². The van der Waals surface area contributed by atoms with E-state index in [0.717, 1.165) is 59.5 Å². The average molecular weight is 829 g/mol. The number of rotatable bonds is 15. The van der Waals surface area contributed by atoms with Gasteiger partial charge < -0.3 is 49.3 Å². The van der Waals surface area contributed by atoms with Crippen LogP contribution in [0.1, 0.15) is 62.3 Å². The van der Waals surface area contributed by atoms with Crippen molar-refractivity contribution in [3.63, 3.8) is 0 Å². The molecule has 4 N–H and O–H groups in total. The van der Waals surface area contributed by atoms with Gasteiger partial charge in [-0.2, -0.15) is 0 Å². The van der Waals surface area contributed by atoms with Crippen LogP contribution in [0, 0.1) is 11.8 Å². The number of nitrogens with zero attached hydrogens (tertiary/aromatic N) is 4. The Morgan fingerprint density at radius 2 is 1.17 bits per heavy atom. The first kappa shape index (κ1) is 40.3. The summed E-state index contributed by atoms with van der Waals surface area (Å²) >= 11 is 6.75. The van der Waals surface area contributed by atoms with Crippen LogP contribution in [0.3, 0.4) is 0 Å². The Balaban J connectivity index is 0.938. The third-order valence-corrected chi connectivity index (χ3v) is 12.4. The van der Waals surface area contributed by atoms with Gasteiger partial charge in [-0.05, 0) is 54.2 Å². The summed E-state index contributed by atoms with van der Waals surface area (Å²) in [6.45, 7) is 0.621. The molecule has 0 spiro atoms. The molecule has 0 bridgehead atoms. The fourth-order valence-electron chi connectivity index (χ4n) is 8.82. The molecule has 2 aromatic carbocycles. The van der Waals surface area contributed by atoms with Crippen LogP contribution in [0.25, 0.3) is 33.6 Å². The van der Waals surface area contributed by atoms with Gasteiger partial charge in [0.25, 0.3) is 0 Å². The van der Waals surface area contributed by atoms with E-state index >= 15 is 0 Å². The number of benzene rings is 2. The van der Waals surface area contributed by atoms with Crippen LogP contribution < -0.4 is 10.6 Å². The Labute approximate surface area is 346 Å². The van der Waals surface area contributed by atoms with Crippen molar-refractivity contribution >= 4 is 35.6 Å². The summed E-state index contributed by atoms with van der Waals surface area (Å²) in [5.74, 6) is 1.77. The molecule has 2 unspecified atom stereocenters. The van der Waals surface area contributed by atoms with Crippen molar-refractivity contribution < 1.29 is 38.1 Å². The van der Waals surface area contributed by atoms with Crippen molar-refractivity contribution in [3.8, 4) is 33.6 Å². The fraction of sp³-hybridized carbons (Fsp3) is 0.476. The smallest absolute Gasteiger partial charge is 0.407 e. The molecule has 4 aliphatic rings. The standard InChI is InChI=1S/C42H49ClN8O8/c1-56-15-13-28(46-41(54)58-3)39(52)50-31-17-26(31)19-33(50)37-44-21-30(45-37)24-9-5-22(6-10-24)23-7-11-25(12-8-23)35-36(43)49-38(48-35)34-20-27-18-32(27)51(34)40(53)29(14-16-57-2)47-42(55)59-4/h5-12,21,26-29,31-34H,13-20H2,1-4H3,(H,44,45)(H,46,54)(H,47,55)(H,48,49)/t26?,27-,28+,29+,31-,32?,33+,34+/m1/s1. The quantitative estimate of drug-likeness (QED) is 0.117. The van der Waals surface area contributed by atoms with Crippen LogP contribution in [-0.2, 0) is 28.5 Å². The summed E-state index contributed by atoms with van der Waals surface area (Å²) in [7, 11) is 5.66. The summed E-state index contributed by atoms with van der Waals surface area (Å²) in [6.07, 6.45) is 4.55. The van der Waals surface area contributed by atoms with Crippen molar-refractivity contribution in [2.45, 2.75) is 74.8 Å². The maximum absolute atomic E-state index is 13.8. The molecule has 2 aliphatic carbocycles. The second-order valence-corrected chi connectivity index (χ2v) is 16.1. The van der Waals surface area contributed by atoms with Gasteiger partial charge in [-0.15, -0.1) is 0 Å². The molecule has 2 saturated heterocycles. The molecule has 4 aromatic rings. The van der Waals surface area contributed by atoms with Gasteiger partial charge >= 0.3 is 12.2 Å². The number of aromatic amines is 2. The van der Waals surface area contributed by atoms with Crippen molar-refractivity contribution in [2.24, 2.45) is 11.8 Å². The number of carbonyl (C=O) groups is 4. The Hall–Kier alpha value is -5.45. The number of alkyl carbamates (subject to hydrolysis) is 2. The van der Waals surface area contributed by atoms with Gasteiger partial charge in [0.1, 0.15) is 34.6 Å². The minimum absolute atomic E-state index is 0.0896. The molecular formula is C42H49ClN8O8. The number of amides is 4. The van der Waals surface area contributed by atoms with Crippen molar-refractivity contribution in [1.82, 2.24) is 40.4 Å². The van der Waals surface area contributed by atoms with Crippen LogP contribution in [0.2, 0.25) is 5.15 Å². The topological polar surface area (TPSA) is 193 Å². The largest absolute Gasteiger partial charge is 0.453 e. The highest BCUT2D eigenvalue weighted by molar-refractivity contribution is 6.31. The van der Waals surface area contributed by atoms with E-state index < -0.39 is 24.3 Å². The number of H-pyrrole nitrogens is 2. The number of piperidine rings is 2. The number of methoxy groups -OCH3 is 4. The monoisotopic (exact) mass is 828 g/mol. The highest BCUT2D eigenvalue weighted by Gasteiger charge is 2.57. The van der Waals surface area contributed by atoms with Gasteiger partial charge in [-0.1, -0.05) is 60.1 Å². The molecule has 2 aromatic heterocycles. The van der Waals surface area contributed by atoms with Crippen LogP contribution in [0.15, 0.2) is 54.7 Å². The van der Waals surface area contributed by atoms with E-state index in [1.54, 1.807) is 20.4 Å². The number of halogens is 1. The molecule has 4 amide bonds. The summed E-state index contributed by atoms with van der Waals surface area (Å²) < 4.78 is 20.0. The molecule has 2 saturated carbocycles. The number of ether oxygens (including phenoxy) is 4. The van der Waals surface area contributed by atoms with E-state index in [0.29, 0.717) is 54.6 Å². The minimum atomic E-state index is -0.790. The highest BCUT2D eigenvalue weighted by atomic mass is 35.5. The van der Waals surface area contributed by atoms with Crippen LogP contribution in [-0.4, -0.2) is 120 Å². The Morgan fingerprint density at radius 1 is 0.695 bits per heavy atom. The molecule has 4 fully saturated rings. The second-order valence-electron chi connectivity index (χ2n) is 15.7. The van der Waals surface area contributed by atoms with Crippen molar-refractivity contribution in [3.05, 3.63) is 71.5 Å². The zero-order valence-electron chi connectivity index (χ0n) is 33.4. The van der Waals surface area contributed by atoms with Gasteiger partial charge in [0.2, 0.25) is 11.8 Å². The molecule has 2 aliphatic heterocycles. The van der Waals surface area contributed by atoms with Gasteiger partial charge in [0, 0.05) is 57.9 Å². The number of fused-ring (bicyclic) bond motifs is 2. The molecule has 16 nitrogen and oxygen atoms in total. The van der Waals surface area contributed by atoms with Crippen molar-refractivity contribution in [1.29, 1.82) is 0 Å². The second kappa shape index (κ2) is 17.0. The zero-order valence-corrected chi connectivity index (χ0v) is 34.2. The van der Waals surface area contributed by atoms with Gasteiger partial charge in [0.15, 0.2) is 0 Å². The number of nitrogens with one attached hydrogen (secondary N) is 4. The molecule has 312 valence electrons. The molecular weight excluding hydrogens is 780 g/mol. The van der Waals surface area contributed by atoms with E-state index in [2.05, 4.69) is 32.7 Å². The van der Waals surface area contributed by atoms with Crippen LogP contribution in [0.5, 0.6) is 0 Å².